The largest absolute Gasteiger partial charge is 0.365 e. The maximum atomic E-state index is 12.6. The number of rotatable bonds is 4. The van der Waals surface area contributed by atoms with Crippen LogP contribution in [-0.2, 0) is 22.9 Å². The molecule has 5 nitrogen and oxygen atoms in total. The number of carbonyl (C=O) groups excluding carboxylic acids is 1. The van der Waals surface area contributed by atoms with Crippen molar-refractivity contribution in [2.75, 3.05) is 4.72 Å². The molecule has 0 fully saturated rings. The van der Waals surface area contributed by atoms with Crippen LogP contribution in [0.15, 0.2) is 29.2 Å². The Morgan fingerprint density at radius 1 is 1.42 bits per heavy atom. The molecule has 1 aromatic carbocycles. The fourth-order valence-corrected chi connectivity index (χ4v) is 5.92. The highest BCUT2D eigenvalue weighted by molar-refractivity contribution is 7.93. The van der Waals surface area contributed by atoms with Gasteiger partial charge in [-0.3, -0.25) is 9.52 Å². The highest BCUT2D eigenvalue weighted by Crippen LogP contribution is 2.40. The molecule has 1 atom stereocenters. The van der Waals surface area contributed by atoms with E-state index < -0.39 is 15.9 Å². The molecule has 0 bridgehead atoms. The van der Waals surface area contributed by atoms with Gasteiger partial charge in [-0.05, 0) is 48.9 Å². The molecule has 1 aliphatic carbocycles. The minimum atomic E-state index is -3.84. The number of hydrogen-bond acceptors (Lipinski definition) is 4. The minimum Gasteiger partial charge on any atom is -0.365 e. The lowest BCUT2D eigenvalue weighted by Gasteiger charge is -2.18. The molecule has 128 valence electrons. The molecule has 24 heavy (non-hydrogen) atoms. The number of anilines is 1. The molecular formula is C16H17ClN2O3S2. The highest BCUT2D eigenvalue weighted by Gasteiger charge is 2.28. The maximum Gasteiger partial charge on any atom is 0.262 e. The third-order valence-corrected chi connectivity index (χ3v) is 6.97. The van der Waals surface area contributed by atoms with Crippen molar-refractivity contribution in [2.45, 2.75) is 31.1 Å². The predicted molar refractivity (Wildman–Crippen MR) is 96.3 cm³/mol. The average Bonchev–Trinajstić information content (AvgIpc) is 2.83. The first-order chi connectivity index (χ1) is 11.3. The summed E-state index contributed by atoms with van der Waals surface area (Å²) in [7, 11) is -3.84. The lowest BCUT2D eigenvalue weighted by Crippen LogP contribution is -2.19. The van der Waals surface area contributed by atoms with Gasteiger partial charge < -0.3 is 5.73 Å². The van der Waals surface area contributed by atoms with E-state index in [4.69, 9.17) is 17.3 Å². The van der Waals surface area contributed by atoms with Crippen molar-refractivity contribution < 1.29 is 13.2 Å². The zero-order valence-electron chi connectivity index (χ0n) is 13.0. The monoisotopic (exact) mass is 384 g/mol. The van der Waals surface area contributed by atoms with Crippen molar-refractivity contribution in [1.82, 2.24) is 0 Å². The Morgan fingerprint density at radius 3 is 2.83 bits per heavy atom. The number of carbonyl (C=O) groups is 1. The quantitative estimate of drug-likeness (QED) is 0.846. The van der Waals surface area contributed by atoms with Crippen molar-refractivity contribution in [3.63, 3.8) is 0 Å². The summed E-state index contributed by atoms with van der Waals surface area (Å²) in [5, 5.41) is 0.619. The molecule has 8 heteroatoms. The Labute approximate surface area is 149 Å². The second-order valence-corrected chi connectivity index (χ2v) is 9.21. The van der Waals surface area contributed by atoms with Crippen LogP contribution in [-0.4, -0.2) is 14.3 Å². The summed E-state index contributed by atoms with van der Waals surface area (Å²) in [5.41, 5.74) is 6.69. The number of halogens is 1. The molecule has 0 unspecified atom stereocenters. The number of primary amides is 1. The molecule has 0 saturated heterocycles. The van der Waals surface area contributed by atoms with E-state index in [1.807, 2.05) is 0 Å². The number of sulfonamides is 1. The maximum absolute atomic E-state index is 12.6. The van der Waals surface area contributed by atoms with Crippen molar-refractivity contribution in [3.8, 4) is 0 Å². The number of fused-ring (bicyclic) bond motifs is 1. The summed E-state index contributed by atoms with van der Waals surface area (Å²) in [6.07, 6.45) is 2.54. The first-order valence-corrected chi connectivity index (χ1v) is 10.2. The van der Waals surface area contributed by atoms with Gasteiger partial charge in [-0.2, -0.15) is 0 Å². The Kier molecular flexibility index (Phi) is 4.59. The number of amides is 1. The molecule has 1 amide bonds. The third-order valence-electron chi connectivity index (χ3n) is 4.09. The van der Waals surface area contributed by atoms with Crippen LogP contribution in [0.4, 0.5) is 5.00 Å². The van der Waals surface area contributed by atoms with Gasteiger partial charge in [0.05, 0.1) is 10.5 Å². The lowest BCUT2D eigenvalue weighted by molar-refractivity contribution is 0.100. The number of hydrogen-bond donors (Lipinski definition) is 2. The number of nitrogens with one attached hydrogen (secondary N) is 1. The first-order valence-electron chi connectivity index (χ1n) is 7.50. The minimum absolute atomic E-state index is 0.0464. The normalized spacial score (nSPS) is 17.3. The van der Waals surface area contributed by atoms with Crippen LogP contribution in [0.25, 0.3) is 0 Å². The van der Waals surface area contributed by atoms with E-state index in [9.17, 15) is 13.2 Å². The molecule has 1 aromatic heterocycles. The summed E-state index contributed by atoms with van der Waals surface area (Å²) in [5.74, 6) is -0.0971. The Morgan fingerprint density at radius 2 is 2.17 bits per heavy atom. The Hall–Kier alpha value is -1.57. The molecule has 1 heterocycles. The van der Waals surface area contributed by atoms with E-state index in [0.29, 0.717) is 21.5 Å². The molecule has 0 aliphatic heterocycles. The molecule has 1 aliphatic rings. The van der Waals surface area contributed by atoms with E-state index in [2.05, 4.69) is 11.6 Å². The van der Waals surface area contributed by atoms with Gasteiger partial charge in [-0.1, -0.05) is 24.6 Å². The van der Waals surface area contributed by atoms with Crippen LogP contribution in [0.2, 0.25) is 5.02 Å². The van der Waals surface area contributed by atoms with E-state index in [0.717, 1.165) is 29.7 Å². The zero-order valence-corrected chi connectivity index (χ0v) is 15.4. The summed E-state index contributed by atoms with van der Waals surface area (Å²) in [6.45, 7) is 2.14. The predicted octanol–water partition coefficient (Wildman–Crippen LogP) is 3.43. The molecular weight excluding hydrogens is 368 g/mol. The summed E-state index contributed by atoms with van der Waals surface area (Å²) in [4.78, 5) is 13.0. The van der Waals surface area contributed by atoms with Gasteiger partial charge in [0.1, 0.15) is 5.00 Å². The van der Waals surface area contributed by atoms with Gasteiger partial charge in [0, 0.05) is 9.90 Å². The second kappa shape index (κ2) is 6.38. The molecule has 0 radical (unpaired) electrons. The Balaban J connectivity index is 2.02. The highest BCUT2D eigenvalue weighted by atomic mass is 35.5. The second-order valence-electron chi connectivity index (χ2n) is 5.98. The number of thiophene rings is 1. The van der Waals surface area contributed by atoms with Crippen molar-refractivity contribution >= 4 is 43.9 Å². The average molecular weight is 385 g/mol. The Bertz CT molecular complexity index is 906. The first kappa shape index (κ1) is 17.3. The van der Waals surface area contributed by atoms with Crippen LogP contribution in [0.3, 0.4) is 0 Å². The fourth-order valence-electron chi connectivity index (χ4n) is 2.90. The topological polar surface area (TPSA) is 89.3 Å². The van der Waals surface area contributed by atoms with Gasteiger partial charge in [0.15, 0.2) is 0 Å². The number of nitrogens with two attached hydrogens (primary N) is 1. The van der Waals surface area contributed by atoms with Crippen molar-refractivity contribution in [2.24, 2.45) is 11.7 Å². The van der Waals surface area contributed by atoms with E-state index in [-0.39, 0.29) is 4.90 Å². The van der Waals surface area contributed by atoms with Crippen LogP contribution in [0, 0.1) is 5.92 Å². The van der Waals surface area contributed by atoms with Crippen LogP contribution < -0.4 is 10.5 Å². The van der Waals surface area contributed by atoms with Gasteiger partial charge in [-0.15, -0.1) is 11.3 Å². The van der Waals surface area contributed by atoms with Gasteiger partial charge in [0.2, 0.25) is 0 Å². The van der Waals surface area contributed by atoms with Gasteiger partial charge in [-0.25, -0.2) is 8.42 Å². The fraction of sp³-hybridized carbons (Fsp3) is 0.312. The summed E-state index contributed by atoms with van der Waals surface area (Å²) in [6, 6.07) is 5.98. The molecule has 2 aromatic rings. The standard InChI is InChI=1S/C16H17ClN2O3S2/c1-9-5-6-12-13(7-9)23-16(14(12)15(18)20)19-24(21,22)11-4-2-3-10(17)8-11/h2-4,8-9,19H,5-7H2,1H3,(H2,18,20)/t9-/m1/s1. The van der Waals surface area contributed by atoms with Gasteiger partial charge >= 0.3 is 0 Å². The molecule has 0 saturated carbocycles. The third kappa shape index (κ3) is 3.29. The van der Waals surface area contributed by atoms with Crippen LogP contribution in [0.1, 0.15) is 34.1 Å². The van der Waals surface area contributed by atoms with Crippen molar-refractivity contribution in [1.29, 1.82) is 0 Å². The molecule has 3 rings (SSSR count). The van der Waals surface area contributed by atoms with E-state index in [1.54, 1.807) is 12.1 Å². The molecule has 0 spiro atoms. The SMILES string of the molecule is C[C@@H]1CCc2c(sc(NS(=O)(=O)c3cccc(Cl)c3)c2C(N)=O)C1. The van der Waals surface area contributed by atoms with E-state index >= 15 is 0 Å². The lowest BCUT2D eigenvalue weighted by atomic mass is 9.88. The smallest absolute Gasteiger partial charge is 0.262 e. The zero-order chi connectivity index (χ0) is 17.5. The van der Waals surface area contributed by atoms with E-state index in [1.165, 1.54) is 23.5 Å². The van der Waals surface area contributed by atoms with Gasteiger partial charge in [0.25, 0.3) is 15.9 Å². The number of benzene rings is 1. The van der Waals surface area contributed by atoms with Crippen LogP contribution >= 0.6 is 22.9 Å². The summed E-state index contributed by atoms with van der Waals surface area (Å²) < 4.78 is 27.7. The summed E-state index contributed by atoms with van der Waals surface area (Å²) >= 11 is 7.17. The van der Waals surface area contributed by atoms with Crippen LogP contribution in [0.5, 0.6) is 0 Å². The van der Waals surface area contributed by atoms with Crippen molar-refractivity contribution in [3.05, 3.63) is 45.3 Å². The molecule has 3 N–H and O–H groups in total.